The molecule has 1 fully saturated rings. The van der Waals surface area contributed by atoms with Gasteiger partial charge in [0.15, 0.2) is 0 Å². The van der Waals surface area contributed by atoms with E-state index in [4.69, 9.17) is 0 Å². The van der Waals surface area contributed by atoms with Gasteiger partial charge in [-0.05, 0) is 37.5 Å². The van der Waals surface area contributed by atoms with Crippen molar-refractivity contribution in [1.29, 1.82) is 0 Å². The summed E-state index contributed by atoms with van der Waals surface area (Å²) in [6.45, 7) is 1.74. The summed E-state index contributed by atoms with van der Waals surface area (Å²) >= 11 is 0. The maximum absolute atomic E-state index is 13.4. The van der Waals surface area contributed by atoms with Gasteiger partial charge in [0.25, 0.3) is 0 Å². The minimum atomic E-state index is -0.315. The van der Waals surface area contributed by atoms with Crippen molar-refractivity contribution in [3.63, 3.8) is 0 Å². The van der Waals surface area contributed by atoms with Gasteiger partial charge in [0.2, 0.25) is 11.8 Å². The standard InChI is InChI=1S/C15H20FN3O2/c1-10-3-4-12(7-13(10)16)17-8-15(21)19(2)9-14(20)18-11-5-6-11/h3-4,7,11,17H,5-6,8-9H2,1-2H3,(H,18,20). The van der Waals surface area contributed by atoms with Crippen LogP contribution in [0.1, 0.15) is 18.4 Å². The van der Waals surface area contributed by atoms with Crippen LogP contribution in [0.4, 0.5) is 10.1 Å². The lowest BCUT2D eigenvalue weighted by Crippen LogP contribution is -2.41. The highest BCUT2D eigenvalue weighted by atomic mass is 19.1. The molecule has 0 spiro atoms. The molecule has 6 heteroatoms. The van der Waals surface area contributed by atoms with Crippen molar-refractivity contribution in [2.45, 2.75) is 25.8 Å². The fourth-order valence-electron chi connectivity index (χ4n) is 1.82. The molecule has 1 aliphatic rings. The number of anilines is 1. The quantitative estimate of drug-likeness (QED) is 0.830. The average Bonchev–Trinajstić information content (AvgIpc) is 3.23. The van der Waals surface area contributed by atoms with Crippen LogP contribution in [0.3, 0.4) is 0 Å². The Bertz CT molecular complexity index is 544. The van der Waals surface area contributed by atoms with Crippen LogP contribution < -0.4 is 10.6 Å². The van der Waals surface area contributed by atoms with Gasteiger partial charge >= 0.3 is 0 Å². The number of rotatable bonds is 6. The van der Waals surface area contributed by atoms with E-state index >= 15 is 0 Å². The Kier molecular flexibility index (Phi) is 4.77. The third-order valence-electron chi connectivity index (χ3n) is 3.36. The van der Waals surface area contributed by atoms with Gasteiger partial charge in [0, 0.05) is 18.8 Å². The van der Waals surface area contributed by atoms with Gasteiger partial charge in [-0.3, -0.25) is 9.59 Å². The number of hydrogen-bond acceptors (Lipinski definition) is 3. The highest BCUT2D eigenvalue weighted by Gasteiger charge is 2.24. The molecule has 2 rings (SSSR count). The Hall–Kier alpha value is -2.11. The summed E-state index contributed by atoms with van der Waals surface area (Å²) < 4.78 is 13.4. The minimum absolute atomic E-state index is 0.0235. The highest BCUT2D eigenvalue weighted by molar-refractivity contribution is 5.86. The number of nitrogens with one attached hydrogen (secondary N) is 2. The molecule has 0 aromatic heterocycles. The normalized spacial score (nSPS) is 13.7. The largest absolute Gasteiger partial charge is 0.376 e. The third kappa shape index (κ3) is 4.73. The van der Waals surface area contributed by atoms with Crippen molar-refractivity contribution in [3.8, 4) is 0 Å². The minimum Gasteiger partial charge on any atom is -0.376 e. The molecule has 2 amide bonds. The van der Waals surface area contributed by atoms with E-state index in [0.717, 1.165) is 12.8 Å². The van der Waals surface area contributed by atoms with Gasteiger partial charge in [-0.15, -0.1) is 0 Å². The molecule has 0 aliphatic heterocycles. The maximum Gasteiger partial charge on any atom is 0.242 e. The molecule has 0 atom stereocenters. The second-order valence-corrected chi connectivity index (χ2v) is 5.41. The predicted octanol–water partition coefficient (Wildman–Crippen LogP) is 1.28. The first-order valence-corrected chi connectivity index (χ1v) is 6.99. The number of amides is 2. The smallest absolute Gasteiger partial charge is 0.242 e. The van der Waals surface area contributed by atoms with E-state index in [9.17, 15) is 14.0 Å². The summed E-state index contributed by atoms with van der Waals surface area (Å²) in [5.74, 6) is -0.679. The van der Waals surface area contributed by atoms with Crippen molar-refractivity contribution in [2.75, 3.05) is 25.5 Å². The van der Waals surface area contributed by atoms with Crippen LogP contribution >= 0.6 is 0 Å². The summed E-state index contributed by atoms with van der Waals surface area (Å²) in [6.07, 6.45) is 2.04. The molecule has 0 unspecified atom stereocenters. The second kappa shape index (κ2) is 6.56. The number of hydrogen-bond donors (Lipinski definition) is 2. The molecule has 0 saturated heterocycles. The van der Waals surface area contributed by atoms with Crippen molar-refractivity contribution in [2.24, 2.45) is 0 Å². The number of carbonyl (C=O) groups excluding carboxylic acids is 2. The van der Waals surface area contributed by atoms with Gasteiger partial charge in [0.1, 0.15) is 5.82 Å². The van der Waals surface area contributed by atoms with E-state index in [-0.39, 0.29) is 36.8 Å². The monoisotopic (exact) mass is 293 g/mol. The zero-order valence-electron chi connectivity index (χ0n) is 12.3. The van der Waals surface area contributed by atoms with E-state index in [1.165, 1.54) is 11.0 Å². The van der Waals surface area contributed by atoms with Gasteiger partial charge < -0.3 is 15.5 Å². The number of carbonyl (C=O) groups is 2. The Morgan fingerprint density at radius 3 is 2.71 bits per heavy atom. The summed E-state index contributed by atoms with van der Waals surface area (Å²) in [5, 5.41) is 5.68. The van der Waals surface area contributed by atoms with Gasteiger partial charge in [-0.1, -0.05) is 6.07 Å². The van der Waals surface area contributed by atoms with Crippen molar-refractivity contribution >= 4 is 17.5 Å². The number of aryl methyl sites for hydroxylation is 1. The fourth-order valence-corrected chi connectivity index (χ4v) is 1.82. The van der Waals surface area contributed by atoms with Crippen LogP contribution in [-0.4, -0.2) is 42.9 Å². The van der Waals surface area contributed by atoms with Crippen LogP contribution in [0.2, 0.25) is 0 Å². The predicted molar refractivity (Wildman–Crippen MR) is 78.4 cm³/mol. The summed E-state index contributed by atoms with van der Waals surface area (Å²) in [4.78, 5) is 24.8. The van der Waals surface area contributed by atoms with Crippen LogP contribution in [0.15, 0.2) is 18.2 Å². The number of benzene rings is 1. The molecule has 0 radical (unpaired) electrons. The fraction of sp³-hybridized carbons (Fsp3) is 0.467. The van der Waals surface area contributed by atoms with Crippen molar-refractivity contribution < 1.29 is 14.0 Å². The molecule has 1 aliphatic carbocycles. The molecule has 1 saturated carbocycles. The molecule has 1 aromatic carbocycles. The summed E-state index contributed by atoms with van der Waals surface area (Å²) in [6, 6.07) is 5.00. The molecule has 21 heavy (non-hydrogen) atoms. The molecule has 5 nitrogen and oxygen atoms in total. The van der Waals surface area contributed by atoms with E-state index < -0.39 is 0 Å². The lowest BCUT2D eigenvalue weighted by molar-refractivity contribution is -0.133. The van der Waals surface area contributed by atoms with Crippen molar-refractivity contribution in [1.82, 2.24) is 10.2 Å². The number of halogens is 1. The number of likely N-dealkylation sites (N-methyl/N-ethyl adjacent to an activating group) is 1. The Labute approximate surface area is 123 Å². The Balaban J connectivity index is 1.77. The zero-order chi connectivity index (χ0) is 15.4. The van der Waals surface area contributed by atoms with Gasteiger partial charge in [0.05, 0.1) is 13.1 Å². The zero-order valence-corrected chi connectivity index (χ0v) is 12.3. The summed E-state index contributed by atoms with van der Waals surface area (Å²) in [5.41, 5.74) is 1.10. The number of nitrogens with zero attached hydrogens (tertiary/aromatic N) is 1. The van der Waals surface area contributed by atoms with Gasteiger partial charge in [-0.2, -0.15) is 0 Å². The van der Waals surface area contributed by atoms with Crippen molar-refractivity contribution in [3.05, 3.63) is 29.6 Å². The Morgan fingerprint density at radius 2 is 2.10 bits per heavy atom. The maximum atomic E-state index is 13.4. The second-order valence-electron chi connectivity index (χ2n) is 5.41. The van der Waals surface area contributed by atoms with E-state index in [0.29, 0.717) is 11.3 Å². The SMILES string of the molecule is Cc1ccc(NCC(=O)N(C)CC(=O)NC2CC2)cc1F. The van der Waals surface area contributed by atoms with E-state index in [1.54, 1.807) is 26.1 Å². The average molecular weight is 293 g/mol. The first-order chi connectivity index (χ1) is 9.95. The summed E-state index contributed by atoms with van der Waals surface area (Å²) in [7, 11) is 1.58. The third-order valence-corrected chi connectivity index (χ3v) is 3.36. The molecule has 1 aromatic rings. The van der Waals surface area contributed by atoms with Crippen LogP contribution in [0, 0.1) is 12.7 Å². The Morgan fingerprint density at radius 1 is 1.38 bits per heavy atom. The molecule has 114 valence electrons. The lowest BCUT2D eigenvalue weighted by Gasteiger charge is -2.17. The lowest BCUT2D eigenvalue weighted by atomic mass is 10.2. The molecule has 0 heterocycles. The van der Waals surface area contributed by atoms with E-state index in [1.807, 2.05) is 0 Å². The van der Waals surface area contributed by atoms with Crippen LogP contribution in [0.25, 0.3) is 0 Å². The first kappa shape index (κ1) is 15.3. The first-order valence-electron chi connectivity index (χ1n) is 6.99. The highest BCUT2D eigenvalue weighted by Crippen LogP contribution is 2.18. The van der Waals surface area contributed by atoms with E-state index in [2.05, 4.69) is 10.6 Å². The van der Waals surface area contributed by atoms with Gasteiger partial charge in [-0.25, -0.2) is 4.39 Å². The van der Waals surface area contributed by atoms with Crippen LogP contribution in [-0.2, 0) is 9.59 Å². The molecular weight excluding hydrogens is 273 g/mol. The topological polar surface area (TPSA) is 61.4 Å². The van der Waals surface area contributed by atoms with Crippen LogP contribution in [0.5, 0.6) is 0 Å². The molecule has 2 N–H and O–H groups in total. The molecular formula is C15H20FN3O2. The molecule has 0 bridgehead atoms.